The summed E-state index contributed by atoms with van der Waals surface area (Å²) >= 11 is 0. The molecule has 0 aromatic heterocycles. The largest absolute Gasteiger partial charge is 0.508 e. The van der Waals surface area contributed by atoms with E-state index in [-0.39, 0.29) is 12.4 Å². The van der Waals surface area contributed by atoms with Crippen LogP contribution in [0, 0.1) is 0 Å². The second kappa shape index (κ2) is 14.2. The molecule has 1 aliphatic heterocycles. The Bertz CT molecular complexity index is 1120. The van der Waals surface area contributed by atoms with Gasteiger partial charge in [-0.05, 0) is 78.7 Å². The summed E-state index contributed by atoms with van der Waals surface area (Å²) in [7, 11) is 0. The van der Waals surface area contributed by atoms with Crippen molar-refractivity contribution in [3.63, 3.8) is 0 Å². The number of allylic oxidation sites excluding steroid dienone is 6. The minimum absolute atomic E-state index is 0.136. The van der Waals surface area contributed by atoms with Crippen molar-refractivity contribution in [2.45, 2.75) is 57.9 Å². The molecule has 0 spiro atoms. The Balaban J connectivity index is 1.57. The van der Waals surface area contributed by atoms with E-state index in [0.29, 0.717) is 6.42 Å². The maximum Gasteiger partial charge on any atom is 0.115 e. The van der Waals surface area contributed by atoms with Crippen molar-refractivity contribution in [3.05, 3.63) is 102 Å². The van der Waals surface area contributed by atoms with Gasteiger partial charge in [0.15, 0.2) is 0 Å². The minimum atomic E-state index is 0.136. The summed E-state index contributed by atoms with van der Waals surface area (Å²) in [4.78, 5) is 5.21. The molecule has 0 unspecified atom stereocenters. The number of phenols is 1. The Morgan fingerprint density at radius 2 is 1.58 bits per heavy atom. The van der Waals surface area contributed by atoms with Gasteiger partial charge >= 0.3 is 0 Å². The molecule has 38 heavy (non-hydrogen) atoms. The van der Waals surface area contributed by atoms with E-state index in [2.05, 4.69) is 53.7 Å². The van der Waals surface area contributed by atoms with E-state index in [4.69, 9.17) is 0 Å². The fourth-order valence-electron chi connectivity index (χ4n) is 5.94. The molecule has 202 valence electrons. The zero-order valence-electron chi connectivity index (χ0n) is 23.0. The molecule has 2 N–H and O–H groups in total. The van der Waals surface area contributed by atoms with E-state index in [1.807, 2.05) is 30.3 Å². The maximum atomic E-state index is 9.93. The third-order valence-electron chi connectivity index (χ3n) is 8.01. The van der Waals surface area contributed by atoms with Gasteiger partial charge in [-0.15, -0.1) is 0 Å². The summed E-state index contributed by atoms with van der Waals surface area (Å²) in [5.41, 5.74) is 6.51. The predicted molar refractivity (Wildman–Crippen MR) is 160 cm³/mol. The first-order valence-corrected chi connectivity index (χ1v) is 14.3. The summed E-state index contributed by atoms with van der Waals surface area (Å²) < 4.78 is 0. The molecule has 2 aromatic carbocycles. The maximum absolute atomic E-state index is 9.93. The third-order valence-corrected chi connectivity index (χ3v) is 8.01. The van der Waals surface area contributed by atoms with Crippen molar-refractivity contribution >= 4 is 11.1 Å². The number of aliphatic hydroxyl groups is 1. The summed E-state index contributed by atoms with van der Waals surface area (Å²) in [5, 5.41) is 19.6. The van der Waals surface area contributed by atoms with Gasteiger partial charge in [-0.25, -0.2) is 0 Å². The van der Waals surface area contributed by atoms with E-state index >= 15 is 0 Å². The molecule has 0 bridgehead atoms. The van der Waals surface area contributed by atoms with Crippen LogP contribution in [0.25, 0.3) is 11.1 Å². The topological polar surface area (TPSA) is 46.9 Å². The van der Waals surface area contributed by atoms with E-state index < -0.39 is 0 Å². The number of aromatic hydroxyl groups is 1. The van der Waals surface area contributed by atoms with E-state index in [9.17, 15) is 10.2 Å². The Kier molecular flexibility index (Phi) is 10.4. The van der Waals surface area contributed by atoms with Crippen LogP contribution < -0.4 is 0 Å². The van der Waals surface area contributed by atoms with Gasteiger partial charge in [0, 0.05) is 44.5 Å². The molecule has 0 amide bonds. The molecule has 2 fully saturated rings. The van der Waals surface area contributed by atoms with Crippen LogP contribution in [0.5, 0.6) is 5.75 Å². The van der Waals surface area contributed by atoms with Crippen LogP contribution in [-0.2, 0) is 0 Å². The van der Waals surface area contributed by atoms with Crippen molar-refractivity contribution in [3.8, 4) is 5.75 Å². The van der Waals surface area contributed by atoms with E-state index in [0.717, 1.165) is 66.5 Å². The number of benzene rings is 2. The average Bonchev–Trinajstić information content (AvgIpc) is 2.97. The SMILES string of the molecule is C=C(/C=C\C(=C/C)N1CCN(C2CCCCC2)CC1)/C(=C(/CCCO)c1ccccc1)c1ccc(O)cc1. The van der Waals surface area contributed by atoms with Crippen LogP contribution >= 0.6 is 0 Å². The van der Waals surface area contributed by atoms with Gasteiger partial charge in [0.2, 0.25) is 0 Å². The number of phenolic OH excluding ortho intramolecular Hbond substituents is 1. The highest BCUT2D eigenvalue weighted by Crippen LogP contribution is 2.36. The molecule has 4 heteroatoms. The van der Waals surface area contributed by atoms with Crippen molar-refractivity contribution in [2.24, 2.45) is 0 Å². The molecule has 1 saturated carbocycles. The van der Waals surface area contributed by atoms with Gasteiger partial charge < -0.3 is 15.1 Å². The zero-order valence-corrected chi connectivity index (χ0v) is 23.0. The van der Waals surface area contributed by atoms with Crippen LogP contribution in [0.4, 0.5) is 0 Å². The van der Waals surface area contributed by atoms with Crippen LogP contribution in [0.3, 0.4) is 0 Å². The average molecular weight is 513 g/mol. The molecular weight excluding hydrogens is 468 g/mol. The number of nitrogens with zero attached hydrogens (tertiary/aromatic N) is 2. The number of piperazine rings is 1. The third kappa shape index (κ3) is 7.27. The molecule has 1 saturated heterocycles. The Morgan fingerprint density at radius 3 is 2.21 bits per heavy atom. The summed E-state index contributed by atoms with van der Waals surface area (Å²) in [6.45, 7) is 11.1. The van der Waals surface area contributed by atoms with Gasteiger partial charge in [-0.2, -0.15) is 0 Å². The summed E-state index contributed by atoms with van der Waals surface area (Å²) in [5.74, 6) is 0.245. The molecule has 4 nitrogen and oxygen atoms in total. The van der Waals surface area contributed by atoms with Gasteiger partial charge in [0.1, 0.15) is 5.75 Å². The van der Waals surface area contributed by atoms with Gasteiger partial charge in [-0.1, -0.05) is 80.5 Å². The molecule has 1 aliphatic carbocycles. The molecular formula is C34H44N2O2. The predicted octanol–water partition coefficient (Wildman–Crippen LogP) is 7.04. The molecule has 2 aromatic rings. The molecule has 0 radical (unpaired) electrons. The Hall–Kier alpha value is -3.08. The standard InChI is InChI=1S/C34H44N2O2/c1-3-30(35-22-24-36(25-23-35)31-13-8-5-9-14-31)19-16-27(2)34(29-17-20-32(38)21-18-29)33(15-10-26-37)28-11-6-4-7-12-28/h3-4,6-7,11-12,16-21,31,37-38H,2,5,8-10,13-15,22-26H2,1H3/b19-16-,30-3+,34-33+. The lowest BCUT2D eigenvalue weighted by Crippen LogP contribution is -2.50. The highest BCUT2D eigenvalue weighted by Gasteiger charge is 2.25. The second-order valence-electron chi connectivity index (χ2n) is 10.5. The molecule has 1 heterocycles. The van der Waals surface area contributed by atoms with E-state index in [1.165, 1.54) is 37.8 Å². The minimum Gasteiger partial charge on any atom is -0.508 e. The Labute approximate surface area is 229 Å². The second-order valence-corrected chi connectivity index (χ2v) is 10.5. The summed E-state index contributed by atoms with van der Waals surface area (Å²) in [6.07, 6.45) is 14.9. The number of aliphatic hydroxyl groups excluding tert-OH is 1. The molecule has 4 rings (SSSR count). The molecule has 0 atom stereocenters. The smallest absolute Gasteiger partial charge is 0.115 e. The van der Waals surface area contributed by atoms with Crippen LogP contribution in [-0.4, -0.2) is 58.8 Å². The first-order chi connectivity index (χ1) is 18.6. The lowest BCUT2D eigenvalue weighted by molar-refractivity contribution is 0.0958. The fraction of sp³-hybridized carbons (Fsp3) is 0.412. The van der Waals surface area contributed by atoms with Crippen molar-refractivity contribution in [2.75, 3.05) is 32.8 Å². The lowest BCUT2D eigenvalue weighted by atomic mass is 9.87. The van der Waals surface area contributed by atoms with Crippen LogP contribution in [0.2, 0.25) is 0 Å². The van der Waals surface area contributed by atoms with E-state index in [1.54, 1.807) is 12.1 Å². The summed E-state index contributed by atoms with van der Waals surface area (Å²) in [6, 6.07) is 18.5. The quantitative estimate of drug-likeness (QED) is 0.265. The number of rotatable bonds is 10. The van der Waals surface area contributed by atoms with Crippen molar-refractivity contribution < 1.29 is 10.2 Å². The van der Waals surface area contributed by atoms with Gasteiger partial charge in [0.25, 0.3) is 0 Å². The number of hydrogen-bond acceptors (Lipinski definition) is 4. The number of hydrogen-bond donors (Lipinski definition) is 2. The van der Waals surface area contributed by atoms with Gasteiger partial charge in [-0.3, -0.25) is 4.90 Å². The highest BCUT2D eigenvalue weighted by atomic mass is 16.3. The van der Waals surface area contributed by atoms with Crippen molar-refractivity contribution in [1.29, 1.82) is 0 Å². The van der Waals surface area contributed by atoms with Crippen LogP contribution in [0.15, 0.2) is 90.7 Å². The fourth-order valence-corrected chi connectivity index (χ4v) is 5.94. The molecule has 2 aliphatic rings. The first-order valence-electron chi connectivity index (χ1n) is 14.3. The highest BCUT2D eigenvalue weighted by molar-refractivity contribution is 5.99. The first kappa shape index (κ1) is 27.9. The monoisotopic (exact) mass is 512 g/mol. The van der Waals surface area contributed by atoms with Gasteiger partial charge in [0.05, 0.1) is 0 Å². The van der Waals surface area contributed by atoms with Crippen LogP contribution in [0.1, 0.15) is 63.0 Å². The Morgan fingerprint density at radius 1 is 0.895 bits per heavy atom. The van der Waals surface area contributed by atoms with Crippen molar-refractivity contribution in [1.82, 2.24) is 9.80 Å². The zero-order chi connectivity index (χ0) is 26.7. The lowest BCUT2D eigenvalue weighted by Gasteiger charge is -2.42. The normalized spacial score (nSPS) is 18.6.